The normalized spacial score (nSPS) is 16.0. The van der Waals surface area contributed by atoms with Gasteiger partial charge in [-0.1, -0.05) is 0 Å². The first-order valence-electron chi connectivity index (χ1n) is 5.22. The van der Waals surface area contributed by atoms with E-state index in [-0.39, 0.29) is 17.9 Å². The number of carboxylic acids is 1. The molecule has 1 aliphatic heterocycles. The van der Waals surface area contributed by atoms with Crippen LogP contribution < -0.4 is 9.47 Å². The van der Waals surface area contributed by atoms with Crippen LogP contribution in [0.1, 0.15) is 11.7 Å². The number of fused-ring (bicyclic) bond motifs is 1. The molecule has 1 aromatic carbocycles. The van der Waals surface area contributed by atoms with Crippen LogP contribution in [0.2, 0.25) is 0 Å². The Morgan fingerprint density at radius 3 is 2.63 bits per heavy atom. The molecule has 1 aromatic rings. The molecule has 0 bridgehead atoms. The molecular formula is C11H9BrF2O5. The lowest BCUT2D eigenvalue weighted by atomic mass is 10.0. The van der Waals surface area contributed by atoms with E-state index in [2.05, 4.69) is 15.9 Å². The number of ether oxygens (including phenoxy) is 2. The van der Waals surface area contributed by atoms with Crippen LogP contribution in [0.15, 0.2) is 16.6 Å². The molecule has 104 valence electrons. The maximum Gasteiger partial charge on any atom is 0.377 e. The summed E-state index contributed by atoms with van der Waals surface area (Å²) in [5.41, 5.74) is -0.275. The lowest BCUT2D eigenvalue weighted by Crippen LogP contribution is -2.35. The number of halogens is 3. The molecule has 8 heteroatoms. The van der Waals surface area contributed by atoms with E-state index >= 15 is 0 Å². The SMILES string of the molecule is O=C(O)C(F)(F)C(O)c1cc(Br)c2c(c1)OCCO2. The van der Waals surface area contributed by atoms with Crippen molar-refractivity contribution in [1.29, 1.82) is 0 Å². The van der Waals surface area contributed by atoms with Crippen LogP contribution in [0.25, 0.3) is 0 Å². The first-order valence-corrected chi connectivity index (χ1v) is 6.01. The van der Waals surface area contributed by atoms with Crippen molar-refractivity contribution in [1.82, 2.24) is 0 Å². The number of benzene rings is 1. The van der Waals surface area contributed by atoms with Gasteiger partial charge in [-0.2, -0.15) is 8.78 Å². The maximum absolute atomic E-state index is 13.3. The average molecular weight is 339 g/mol. The van der Waals surface area contributed by atoms with Crippen molar-refractivity contribution in [2.45, 2.75) is 12.0 Å². The third-order valence-electron chi connectivity index (χ3n) is 2.56. The number of rotatable bonds is 3. The van der Waals surface area contributed by atoms with Crippen molar-refractivity contribution in [3.05, 3.63) is 22.2 Å². The lowest BCUT2D eigenvalue weighted by molar-refractivity contribution is -0.182. The van der Waals surface area contributed by atoms with E-state index in [1.54, 1.807) is 0 Å². The fourth-order valence-electron chi connectivity index (χ4n) is 1.61. The van der Waals surface area contributed by atoms with Gasteiger partial charge in [0.25, 0.3) is 0 Å². The standard InChI is InChI=1S/C11H9BrF2O5/c12-6-3-5(9(15)11(13,14)10(16)17)4-7-8(6)19-2-1-18-7/h3-4,9,15H,1-2H2,(H,16,17). The molecule has 2 rings (SSSR count). The molecule has 1 atom stereocenters. The minimum Gasteiger partial charge on any atom is -0.486 e. The zero-order valence-corrected chi connectivity index (χ0v) is 11.0. The molecule has 0 spiro atoms. The van der Waals surface area contributed by atoms with Crippen LogP contribution in [-0.2, 0) is 4.79 Å². The molecule has 0 aromatic heterocycles. The fourth-order valence-corrected chi connectivity index (χ4v) is 2.19. The Bertz CT molecular complexity index is 520. The molecule has 19 heavy (non-hydrogen) atoms. The van der Waals surface area contributed by atoms with Crippen molar-refractivity contribution in [3.8, 4) is 11.5 Å². The zero-order chi connectivity index (χ0) is 14.2. The van der Waals surface area contributed by atoms with E-state index < -0.39 is 18.0 Å². The Morgan fingerprint density at radius 2 is 2.00 bits per heavy atom. The summed E-state index contributed by atoms with van der Waals surface area (Å²) in [4.78, 5) is 10.4. The van der Waals surface area contributed by atoms with Crippen LogP contribution in [0, 0.1) is 0 Å². The average Bonchev–Trinajstić information content (AvgIpc) is 2.37. The third-order valence-corrected chi connectivity index (χ3v) is 3.15. The topological polar surface area (TPSA) is 76.0 Å². The Hall–Kier alpha value is -1.41. The summed E-state index contributed by atoms with van der Waals surface area (Å²) < 4.78 is 37.3. The van der Waals surface area contributed by atoms with Gasteiger partial charge in [0.05, 0.1) is 4.47 Å². The summed E-state index contributed by atoms with van der Waals surface area (Å²) in [5.74, 6) is -6.17. The Morgan fingerprint density at radius 1 is 1.37 bits per heavy atom. The first kappa shape index (κ1) is 14.0. The minimum atomic E-state index is -4.29. The molecule has 5 nitrogen and oxygen atoms in total. The van der Waals surface area contributed by atoms with Crippen LogP contribution in [0.4, 0.5) is 8.78 Å². The van der Waals surface area contributed by atoms with Gasteiger partial charge in [0.15, 0.2) is 17.6 Å². The Labute approximate surface area is 114 Å². The number of carboxylic acid groups (broad SMARTS) is 1. The Kier molecular flexibility index (Phi) is 3.64. The second kappa shape index (κ2) is 4.93. The maximum atomic E-state index is 13.3. The van der Waals surface area contributed by atoms with Gasteiger partial charge in [0.1, 0.15) is 13.2 Å². The number of aliphatic hydroxyl groups excluding tert-OH is 1. The summed E-state index contributed by atoms with van der Waals surface area (Å²) in [6.07, 6.45) is -2.47. The van der Waals surface area contributed by atoms with Gasteiger partial charge in [-0.3, -0.25) is 0 Å². The molecule has 1 heterocycles. The summed E-state index contributed by atoms with van der Waals surface area (Å²) in [5, 5.41) is 17.9. The number of alkyl halides is 2. The predicted molar refractivity (Wildman–Crippen MR) is 62.7 cm³/mol. The van der Waals surface area contributed by atoms with Crippen molar-refractivity contribution >= 4 is 21.9 Å². The first-order chi connectivity index (χ1) is 8.84. The molecule has 1 aliphatic rings. The van der Waals surface area contributed by atoms with Crippen LogP contribution in [0.5, 0.6) is 11.5 Å². The molecule has 2 N–H and O–H groups in total. The number of hydrogen-bond donors (Lipinski definition) is 2. The minimum absolute atomic E-state index is 0.177. The van der Waals surface area contributed by atoms with Gasteiger partial charge < -0.3 is 19.7 Å². The highest BCUT2D eigenvalue weighted by atomic mass is 79.9. The van der Waals surface area contributed by atoms with Gasteiger partial charge in [-0.25, -0.2) is 4.79 Å². The Balaban J connectivity index is 2.41. The van der Waals surface area contributed by atoms with Crippen molar-refractivity contribution < 1.29 is 33.3 Å². The van der Waals surface area contributed by atoms with Crippen LogP contribution in [0.3, 0.4) is 0 Å². The van der Waals surface area contributed by atoms with E-state index in [1.165, 1.54) is 6.07 Å². The van der Waals surface area contributed by atoms with Gasteiger partial charge in [0, 0.05) is 0 Å². The van der Waals surface area contributed by atoms with Crippen LogP contribution in [-0.4, -0.2) is 35.3 Å². The van der Waals surface area contributed by atoms with Gasteiger partial charge in [-0.15, -0.1) is 0 Å². The number of aliphatic carboxylic acids is 1. The quantitative estimate of drug-likeness (QED) is 0.881. The molecule has 0 amide bonds. The second-order valence-electron chi connectivity index (χ2n) is 3.86. The molecule has 0 radical (unpaired) electrons. The molecule has 0 saturated carbocycles. The summed E-state index contributed by atoms with van der Waals surface area (Å²) in [7, 11) is 0. The third kappa shape index (κ3) is 2.50. The highest BCUT2D eigenvalue weighted by Crippen LogP contribution is 2.42. The zero-order valence-electron chi connectivity index (χ0n) is 9.40. The number of aliphatic hydroxyl groups is 1. The molecule has 0 fully saturated rings. The van der Waals surface area contributed by atoms with Gasteiger partial charge in [-0.05, 0) is 33.6 Å². The highest BCUT2D eigenvalue weighted by Gasteiger charge is 2.48. The van der Waals surface area contributed by atoms with Crippen molar-refractivity contribution in [2.24, 2.45) is 0 Å². The number of hydrogen-bond acceptors (Lipinski definition) is 4. The fraction of sp³-hybridized carbons (Fsp3) is 0.364. The van der Waals surface area contributed by atoms with Crippen LogP contribution >= 0.6 is 15.9 Å². The molecular weight excluding hydrogens is 330 g/mol. The molecule has 1 unspecified atom stereocenters. The molecule has 0 saturated heterocycles. The monoisotopic (exact) mass is 338 g/mol. The molecule has 0 aliphatic carbocycles. The van der Waals surface area contributed by atoms with E-state index in [9.17, 15) is 18.7 Å². The predicted octanol–water partition coefficient (Wildman–Crippen LogP) is 1.97. The largest absolute Gasteiger partial charge is 0.486 e. The van der Waals surface area contributed by atoms with E-state index in [4.69, 9.17) is 14.6 Å². The van der Waals surface area contributed by atoms with Gasteiger partial charge in [0.2, 0.25) is 0 Å². The summed E-state index contributed by atoms with van der Waals surface area (Å²) >= 11 is 3.10. The van der Waals surface area contributed by atoms with Gasteiger partial charge >= 0.3 is 11.9 Å². The summed E-state index contributed by atoms with van der Waals surface area (Å²) in [6.45, 7) is 0.563. The number of carbonyl (C=O) groups is 1. The second-order valence-corrected chi connectivity index (χ2v) is 4.71. The van der Waals surface area contributed by atoms with Crippen molar-refractivity contribution in [3.63, 3.8) is 0 Å². The highest BCUT2D eigenvalue weighted by molar-refractivity contribution is 9.10. The summed E-state index contributed by atoms with van der Waals surface area (Å²) in [6, 6.07) is 2.32. The lowest BCUT2D eigenvalue weighted by Gasteiger charge is -2.23. The smallest absolute Gasteiger partial charge is 0.377 e. The van der Waals surface area contributed by atoms with E-state index in [0.29, 0.717) is 16.8 Å². The van der Waals surface area contributed by atoms with E-state index in [0.717, 1.165) is 6.07 Å². The van der Waals surface area contributed by atoms with E-state index in [1.807, 2.05) is 0 Å². The van der Waals surface area contributed by atoms with Crippen molar-refractivity contribution in [2.75, 3.05) is 13.2 Å².